The van der Waals surface area contributed by atoms with E-state index in [1.807, 2.05) is 18.7 Å². The summed E-state index contributed by atoms with van der Waals surface area (Å²) in [5.41, 5.74) is 5.56. The summed E-state index contributed by atoms with van der Waals surface area (Å²) in [7, 11) is 0. The smallest absolute Gasteiger partial charge is 0.223 e. The first kappa shape index (κ1) is 16.2. The standard InChI is InChI=1S/C14H28N2O/c1-5-11-16(12(3)4)14(17)8-7-13(6-2)9-10-15/h5,12-13H,1,6-11,15H2,2-4H3. The second-order valence-corrected chi connectivity index (χ2v) is 4.82. The molecule has 0 aliphatic heterocycles. The third-order valence-corrected chi connectivity index (χ3v) is 3.19. The topological polar surface area (TPSA) is 46.3 Å². The minimum Gasteiger partial charge on any atom is -0.337 e. The summed E-state index contributed by atoms with van der Waals surface area (Å²) in [5, 5.41) is 0. The van der Waals surface area contributed by atoms with E-state index in [1.165, 1.54) is 0 Å². The third-order valence-electron chi connectivity index (χ3n) is 3.19. The normalized spacial score (nSPS) is 12.5. The quantitative estimate of drug-likeness (QED) is 0.630. The van der Waals surface area contributed by atoms with Crippen LogP contribution in [0.1, 0.15) is 46.5 Å². The first-order valence-electron chi connectivity index (χ1n) is 6.67. The molecule has 2 N–H and O–H groups in total. The van der Waals surface area contributed by atoms with Crippen molar-refractivity contribution in [3.05, 3.63) is 12.7 Å². The van der Waals surface area contributed by atoms with E-state index in [4.69, 9.17) is 5.73 Å². The van der Waals surface area contributed by atoms with Crippen molar-refractivity contribution in [3.63, 3.8) is 0 Å². The van der Waals surface area contributed by atoms with Crippen LogP contribution in [0.15, 0.2) is 12.7 Å². The van der Waals surface area contributed by atoms with Crippen LogP contribution in [0.3, 0.4) is 0 Å². The summed E-state index contributed by atoms with van der Waals surface area (Å²) in [4.78, 5) is 13.9. The lowest BCUT2D eigenvalue weighted by atomic mass is 9.96. The second-order valence-electron chi connectivity index (χ2n) is 4.82. The SMILES string of the molecule is C=CCN(C(=O)CCC(CC)CCN)C(C)C. The fourth-order valence-corrected chi connectivity index (χ4v) is 2.00. The number of hydrogen-bond acceptors (Lipinski definition) is 2. The molecular formula is C14H28N2O. The van der Waals surface area contributed by atoms with Gasteiger partial charge in [0, 0.05) is 19.0 Å². The molecule has 3 heteroatoms. The van der Waals surface area contributed by atoms with Gasteiger partial charge in [-0.25, -0.2) is 0 Å². The van der Waals surface area contributed by atoms with Crippen LogP contribution in [0.2, 0.25) is 0 Å². The molecule has 0 heterocycles. The van der Waals surface area contributed by atoms with Gasteiger partial charge in [-0.15, -0.1) is 6.58 Å². The van der Waals surface area contributed by atoms with Crippen LogP contribution in [0.25, 0.3) is 0 Å². The van der Waals surface area contributed by atoms with Crippen LogP contribution in [0, 0.1) is 5.92 Å². The van der Waals surface area contributed by atoms with Gasteiger partial charge in [-0.2, -0.15) is 0 Å². The Kier molecular flexibility index (Phi) is 8.78. The Morgan fingerprint density at radius 3 is 2.47 bits per heavy atom. The van der Waals surface area contributed by atoms with Crippen LogP contribution in [0.4, 0.5) is 0 Å². The van der Waals surface area contributed by atoms with E-state index in [1.54, 1.807) is 6.08 Å². The molecule has 0 spiro atoms. The minimum atomic E-state index is 0.232. The van der Waals surface area contributed by atoms with Gasteiger partial charge in [0.1, 0.15) is 0 Å². The maximum Gasteiger partial charge on any atom is 0.223 e. The zero-order chi connectivity index (χ0) is 13.3. The molecule has 0 aromatic rings. The Hall–Kier alpha value is -0.830. The molecule has 1 amide bonds. The van der Waals surface area contributed by atoms with Gasteiger partial charge in [-0.1, -0.05) is 19.4 Å². The van der Waals surface area contributed by atoms with Crippen LogP contribution in [-0.2, 0) is 4.79 Å². The predicted molar refractivity (Wildman–Crippen MR) is 73.7 cm³/mol. The van der Waals surface area contributed by atoms with Gasteiger partial charge in [0.25, 0.3) is 0 Å². The maximum atomic E-state index is 12.0. The summed E-state index contributed by atoms with van der Waals surface area (Å²) in [6, 6.07) is 0.245. The summed E-state index contributed by atoms with van der Waals surface area (Å²) in [6.45, 7) is 11.3. The highest BCUT2D eigenvalue weighted by Gasteiger charge is 2.16. The van der Waals surface area contributed by atoms with Gasteiger partial charge in [-0.05, 0) is 39.2 Å². The van der Waals surface area contributed by atoms with E-state index < -0.39 is 0 Å². The van der Waals surface area contributed by atoms with E-state index >= 15 is 0 Å². The van der Waals surface area contributed by atoms with Crippen molar-refractivity contribution < 1.29 is 4.79 Å². The molecule has 3 nitrogen and oxygen atoms in total. The number of nitrogens with zero attached hydrogens (tertiary/aromatic N) is 1. The van der Waals surface area contributed by atoms with Gasteiger partial charge >= 0.3 is 0 Å². The van der Waals surface area contributed by atoms with E-state index in [9.17, 15) is 4.79 Å². The molecule has 0 aliphatic carbocycles. The number of carbonyl (C=O) groups excluding carboxylic acids is 1. The maximum absolute atomic E-state index is 12.0. The molecule has 1 atom stereocenters. The zero-order valence-electron chi connectivity index (χ0n) is 11.6. The van der Waals surface area contributed by atoms with Gasteiger partial charge in [0.15, 0.2) is 0 Å². The van der Waals surface area contributed by atoms with Crippen LogP contribution < -0.4 is 5.73 Å². The molecule has 0 aliphatic rings. The third kappa shape index (κ3) is 6.47. The molecule has 1 unspecified atom stereocenters. The highest BCUT2D eigenvalue weighted by Crippen LogP contribution is 2.16. The van der Waals surface area contributed by atoms with Gasteiger partial charge in [-0.3, -0.25) is 4.79 Å². The average molecular weight is 240 g/mol. The predicted octanol–water partition coefficient (Wildman–Crippen LogP) is 2.56. The highest BCUT2D eigenvalue weighted by molar-refractivity contribution is 5.76. The van der Waals surface area contributed by atoms with Gasteiger partial charge in [0.05, 0.1) is 0 Å². The summed E-state index contributed by atoms with van der Waals surface area (Å²) in [6.07, 6.45) is 5.49. The number of rotatable bonds is 9. The molecule has 0 aromatic carbocycles. The largest absolute Gasteiger partial charge is 0.337 e. The fourth-order valence-electron chi connectivity index (χ4n) is 2.00. The Labute approximate surface area is 106 Å². The monoisotopic (exact) mass is 240 g/mol. The summed E-state index contributed by atoms with van der Waals surface area (Å²) in [5.74, 6) is 0.817. The second kappa shape index (κ2) is 9.23. The summed E-state index contributed by atoms with van der Waals surface area (Å²) >= 11 is 0. The Morgan fingerprint density at radius 1 is 1.41 bits per heavy atom. The molecule has 0 radical (unpaired) electrons. The van der Waals surface area contributed by atoms with Crippen molar-refractivity contribution >= 4 is 5.91 Å². The number of amides is 1. The van der Waals surface area contributed by atoms with Crippen molar-refractivity contribution in [1.82, 2.24) is 4.90 Å². The first-order valence-corrected chi connectivity index (χ1v) is 6.67. The first-order chi connectivity index (χ1) is 8.06. The Bertz CT molecular complexity index is 226. The van der Waals surface area contributed by atoms with Crippen LogP contribution in [0.5, 0.6) is 0 Å². The molecule has 17 heavy (non-hydrogen) atoms. The Balaban J connectivity index is 4.16. The van der Waals surface area contributed by atoms with E-state index in [0.717, 1.165) is 19.3 Å². The molecule has 0 aromatic heterocycles. The fraction of sp³-hybridized carbons (Fsp3) is 0.786. The van der Waals surface area contributed by atoms with Crippen molar-refractivity contribution in [3.8, 4) is 0 Å². The van der Waals surface area contributed by atoms with E-state index in [2.05, 4.69) is 13.5 Å². The van der Waals surface area contributed by atoms with Crippen LogP contribution >= 0.6 is 0 Å². The average Bonchev–Trinajstić information content (AvgIpc) is 2.30. The van der Waals surface area contributed by atoms with Gasteiger partial charge in [0.2, 0.25) is 5.91 Å². The summed E-state index contributed by atoms with van der Waals surface area (Å²) < 4.78 is 0. The Morgan fingerprint density at radius 2 is 2.06 bits per heavy atom. The molecule has 100 valence electrons. The van der Waals surface area contributed by atoms with E-state index in [-0.39, 0.29) is 11.9 Å². The lowest BCUT2D eigenvalue weighted by Crippen LogP contribution is -2.37. The highest BCUT2D eigenvalue weighted by atomic mass is 16.2. The number of carbonyl (C=O) groups is 1. The number of hydrogen-bond donors (Lipinski definition) is 1. The minimum absolute atomic E-state index is 0.232. The molecule has 0 saturated heterocycles. The van der Waals surface area contributed by atoms with Crippen molar-refractivity contribution in [2.45, 2.75) is 52.5 Å². The van der Waals surface area contributed by atoms with Crippen molar-refractivity contribution in [2.24, 2.45) is 11.7 Å². The molecule has 0 rings (SSSR count). The van der Waals surface area contributed by atoms with Crippen LogP contribution in [-0.4, -0.2) is 29.9 Å². The molecule has 0 bridgehead atoms. The molecule has 0 fully saturated rings. The molecule has 0 saturated carbocycles. The lowest BCUT2D eigenvalue weighted by Gasteiger charge is -2.26. The zero-order valence-corrected chi connectivity index (χ0v) is 11.6. The lowest BCUT2D eigenvalue weighted by molar-refractivity contribution is -0.132. The number of nitrogens with two attached hydrogens (primary N) is 1. The van der Waals surface area contributed by atoms with Crippen molar-refractivity contribution in [2.75, 3.05) is 13.1 Å². The van der Waals surface area contributed by atoms with E-state index in [0.29, 0.717) is 25.4 Å². The molecular weight excluding hydrogens is 212 g/mol. The van der Waals surface area contributed by atoms with Crippen molar-refractivity contribution in [1.29, 1.82) is 0 Å². The van der Waals surface area contributed by atoms with Gasteiger partial charge < -0.3 is 10.6 Å².